The van der Waals surface area contributed by atoms with E-state index in [0.29, 0.717) is 18.5 Å². The van der Waals surface area contributed by atoms with Crippen molar-refractivity contribution in [3.63, 3.8) is 0 Å². The lowest BCUT2D eigenvalue weighted by Crippen LogP contribution is -2.24. The number of unbranched alkanes of at least 4 members (excludes halogenated alkanes) is 3. The van der Waals surface area contributed by atoms with E-state index >= 15 is 0 Å². The Kier molecular flexibility index (Phi) is 8.80. The van der Waals surface area contributed by atoms with E-state index in [9.17, 15) is 9.59 Å². The van der Waals surface area contributed by atoms with Crippen LogP contribution in [0.4, 0.5) is 17.1 Å². The van der Waals surface area contributed by atoms with Gasteiger partial charge < -0.3 is 15.5 Å². The van der Waals surface area contributed by atoms with Gasteiger partial charge in [0.2, 0.25) is 5.91 Å². The fourth-order valence-electron chi connectivity index (χ4n) is 3.47. The van der Waals surface area contributed by atoms with Gasteiger partial charge in [-0.3, -0.25) is 14.6 Å². The smallest absolute Gasteiger partial charge is 0.251 e. The molecule has 0 saturated carbocycles. The van der Waals surface area contributed by atoms with Gasteiger partial charge in [-0.25, -0.2) is 0 Å². The Morgan fingerprint density at radius 1 is 0.812 bits per heavy atom. The molecule has 32 heavy (non-hydrogen) atoms. The number of nitrogens with one attached hydrogen (secondary N) is 2. The SMILES string of the molecule is CNC(=O)CCCCCCNC(=O)c1ccc(N(c2ccccc2)c2cccnc2)cc1. The minimum atomic E-state index is -0.0745. The summed E-state index contributed by atoms with van der Waals surface area (Å²) in [6.07, 6.45) is 7.90. The van der Waals surface area contributed by atoms with E-state index in [1.165, 1.54) is 0 Å². The summed E-state index contributed by atoms with van der Waals surface area (Å²) in [5.74, 6) is 0.00524. The number of pyridine rings is 1. The molecule has 1 heterocycles. The van der Waals surface area contributed by atoms with Gasteiger partial charge in [0, 0.05) is 43.1 Å². The predicted molar refractivity (Wildman–Crippen MR) is 128 cm³/mol. The Hall–Kier alpha value is -3.67. The Morgan fingerprint density at radius 3 is 2.19 bits per heavy atom. The fraction of sp³-hybridized carbons (Fsp3) is 0.269. The maximum Gasteiger partial charge on any atom is 0.251 e. The molecule has 2 N–H and O–H groups in total. The van der Waals surface area contributed by atoms with Crippen molar-refractivity contribution < 1.29 is 9.59 Å². The zero-order chi connectivity index (χ0) is 22.6. The first-order valence-corrected chi connectivity index (χ1v) is 11.0. The molecule has 0 spiro atoms. The second-order valence-corrected chi connectivity index (χ2v) is 7.52. The number of carbonyl (C=O) groups excluding carboxylic acids is 2. The molecule has 2 aromatic carbocycles. The van der Waals surface area contributed by atoms with Crippen LogP contribution in [0.2, 0.25) is 0 Å². The first-order chi connectivity index (χ1) is 15.7. The maximum absolute atomic E-state index is 12.5. The molecule has 0 aliphatic carbocycles. The molecule has 1 aromatic heterocycles. The Balaban J connectivity index is 1.56. The lowest BCUT2D eigenvalue weighted by molar-refractivity contribution is -0.120. The minimum absolute atomic E-state index is 0.0745. The van der Waals surface area contributed by atoms with E-state index in [1.54, 1.807) is 13.2 Å². The van der Waals surface area contributed by atoms with Gasteiger partial charge in [0.15, 0.2) is 0 Å². The second kappa shape index (κ2) is 12.2. The number of hydrogen-bond acceptors (Lipinski definition) is 4. The van der Waals surface area contributed by atoms with E-state index in [4.69, 9.17) is 0 Å². The van der Waals surface area contributed by atoms with Crippen LogP contribution in [-0.2, 0) is 4.79 Å². The number of carbonyl (C=O) groups is 2. The van der Waals surface area contributed by atoms with Crippen molar-refractivity contribution in [3.8, 4) is 0 Å². The monoisotopic (exact) mass is 430 g/mol. The molecular formula is C26H30N4O2. The average Bonchev–Trinajstić information content (AvgIpc) is 2.85. The molecule has 3 aromatic rings. The van der Waals surface area contributed by atoms with Crippen LogP contribution in [0.25, 0.3) is 0 Å². The highest BCUT2D eigenvalue weighted by Crippen LogP contribution is 2.33. The van der Waals surface area contributed by atoms with E-state index in [0.717, 1.165) is 42.7 Å². The van der Waals surface area contributed by atoms with Gasteiger partial charge in [-0.15, -0.1) is 0 Å². The molecule has 0 aliphatic heterocycles. The summed E-state index contributed by atoms with van der Waals surface area (Å²) in [5, 5.41) is 5.61. The molecule has 0 bridgehead atoms. The second-order valence-electron chi connectivity index (χ2n) is 7.52. The Morgan fingerprint density at radius 2 is 1.50 bits per heavy atom. The van der Waals surface area contributed by atoms with E-state index < -0.39 is 0 Å². The predicted octanol–water partition coefficient (Wildman–Crippen LogP) is 4.98. The Labute approximate surface area is 189 Å². The highest BCUT2D eigenvalue weighted by Gasteiger charge is 2.13. The molecule has 0 atom stereocenters. The number of para-hydroxylation sites is 1. The molecular weight excluding hydrogens is 400 g/mol. The Bertz CT molecular complexity index is 936. The first kappa shape index (κ1) is 23.0. The lowest BCUT2D eigenvalue weighted by atomic mass is 10.1. The van der Waals surface area contributed by atoms with E-state index in [-0.39, 0.29) is 11.8 Å². The van der Waals surface area contributed by atoms with Gasteiger partial charge in [-0.1, -0.05) is 31.0 Å². The first-order valence-electron chi connectivity index (χ1n) is 11.0. The van der Waals surface area contributed by atoms with Crippen molar-refractivity contribution in [2.45, 2.75) is 32.1 Å². The third-order valence-electron chi connectivity index (χ3n) is 5.20. The third-order valence-corrected chi connectivity index (χ3v) is 5.20. The summed E-state index contributed by atoms with van der Waals surface area (Å²) in [5.41, 5.74) is 3.56. The number of hydrogen-bond donors (Lipinski definition) is 2. The van der Waals surface area contributed by atoms with Gasteiger partial charge in [-0.2, -0.15) is 0 Å². The molecule has 2 amide bonds. The fourth-order valence-corrected chi connectivity index (χ4v) is 3.47. The van der Waals surface area contributed by atoms with Crippen molar-refractivity contribution in [3.05, 3.63) is 84.7 Å². The quantitative estimate of drug-likeness (QED) is 0.421. The summed E-state index contributed by atoms with van der Waals surface area (Å²) < 4.78 is 0. The van der Waals surface area contributed by atoms with Crippen LogP contribution in [0.3, 0.4) is 0 Å². The molecule has 0 saturated heterocycles. The molecule has 166 valence electrons. The topological polar surface area (TPSA) is 74.3 Å². The highest BCUT2D eigenvalue weighted by atomic mass is 16.2. The van der Waals surface area contributed by atoms with Gasteiger partial charge in [0.1, 0.15) is 0 Å². The molecule has 0 unspecified atom stereocenters. The number of rotatable bonds is 11. The minimum Gasteiger partial charge on any atom is -0.359 e. The summed E-state index contributed by atoms with van der Waals surface area (Å²) in [4.78, 5) is 30.0. The van der Waals surface area contributed by atoms with Gasteiger partial charge in [0.05, 0.1) is 11.9 Å². The molecule has 6 heteroatoms. The summed E-state index contributed by atoms with van der Waals surface area (Å²) in [6.45, 7) is 0.631. The van der Waals surface area contributed by atoms with Crippen molar-refractivity contribution in [1.29, 1.82) is 0 Å². The van der Waals surface area contributed by atoms with E-state index in [2.05, 4.69) is 20.5 Å². The van der Waals surface area contributed by atoms with Crippen molar-refractivity contribution in [2.75, 3.05) is 18.5 Å². The van der Waals surface area contributed by atoms with Crippen LogP contribution in [0, 0.1) is 0 Å². The molecule has 0 aliphatic rings. The van der Waals surface area contributed by atoms with Crippen molar-refractivity contribution >= 4 is 28.9 Å². The van der Waals surface area contributed by atoms with Crippen LogP contribution in [-0.4, -0.2) is 30.4 Å². The van der Waals surface area contributed by atoms with Gasteiger partial charge in [-0.05, 0) is 61.4 Å². The van der Waals surface area contributed by atoms with Crippen LogP contribution in [0.5, 0.6) is 0 Å². The zero-order valence-corrected chi connectivity index (χ0v) is 18.5. The van der Waals surface area contributed by atoms with Crippen LogP contribution >= 0.6 is 0 Å². The van der Waals surface area contributed by atoms with Gasteiger partial charge >= 0.3 is 0 Å². The standard InChI is InChI=1S/C26H30N4O2/c1-27-25(31)13-7-2-3-8-19-29-26(32)21-14-16-23(17-15-21)30(22-10-5-4-6-11-22)24-12-9-18-28-20-24/h4-6,9-12,14-18,20H,2-3,7-8,13,19H2,1H3,(H,27,31)(H,29,32). The average molecular weight is 431 g/mol. The van der Waals surface area contributed by atoms with Crippen LogP contribution < -0.4 is 15.5 Å². The number of nitrogens with zero attached hydrogens (tertiary/aromatic N) is 2. The largest absolute Gasteiger partial charge is 0.359 e. The maximum atomic E-state index is 12.5. The number of aromatic nitrogens is 1. The van der Waals surface area contributed by atoms with Crippen LogP contribution in [0.1, 0.15) is 42.5 Å². The molecule has 0 fully saturated rings. The molecule has 6 nitrogen and oxygen atoms in total. The molecule has 0 radical (unpaired) electrons. The third kappa shape index (κ3) is 6.67. The summed E-state index contributed by atoms with van der Waals surface area (Å²) in [7, 11) is 1.66. The molecule has 3 rings (SSSR count). The normalized spacial score (nSPS) is 10.4. The lowest BCUT2D eigenvalue weighted by Gasteiger charge is -2.25. The van der Waals surface area contributed by atoms with Crippen LogP contribution in [0.15, 0.2) is 79.1 Å². The summed E-state index contributed by atoms with van der Waals surface area (Å²) >= 11 is 0. The van der Waals surface area contributed by atoms with E-state index in [1.807, 2.05) is 72.9 Å². The number of anilines is 3. The zero-order valence-electron chi connectivity index (χ0n) is 18.5. The van der Waals surface area contributed by atoms with Crippen molar-refractivity contribution in [1.82, 2.24) is 15.6 Å². The number of amides is 2. The van der Waals surface area contributed by atoms with Gasteiger partial charge in [0.25, 0.3) is 5.91 Å². The highest BCUT2D eigenvalue weighted by molar-refractivity contribution is 5.94. The van der Waals surface area contributed by atoms with Crippen molar-refractivity contribution in [2.24, 2.45) is 0 Å². The summed E-state index contributed by atoms with van der Waals surface area (Å²) in [6, 6.07) is 21.6. The number of benzene rings is 2.